The molecule has 1 aromatic carbocycles. The van der Waals surface area contributed by atoms with Crippen LogP contribution in [-0.4, -0.2) is 32.7 Å². The summed E-state index contributed by atoms with van der Waals surface area (Å²) in [5.41, 5.74) is 2.35. The van der Waals surface area contributed by atoms with Crippen molar-refractivity contribution in [1.29, 1.82) is 0 Å². The summed E-state index contributed by atoms with van der Waals surface area (Å²) in [6, 6.07) is 7.17. The van der Waals surface area contributed by atoms with Gasteiger partial charge in [0.05, 0.1) is 23.3 Å². The molecule has 0 atom stereocenters. The van der Waals surface area contributed by atoms with E-state index in [0.29, 0.717) is 23.7 Å². The maximum atomic E-state index is 13.5. The quantitative estimate of drug-likeness (QED) is 0.755. The third-order valence-corrected chi connectivity index (χ3v) is 6.03. The minimum Gasteiger partial charge on any atom is -0.475 e. The molecule has 1 fully saturated rings. The number of halogens is 1. The molecule has 0 saturated heterocycles. The fourth-order valence-electron chi connectivity index (χ4n) is 4.31. The number of fused-ring (bicyclic) bond motifs is 1. The number of carbonyl (C=O) groups is 1. The summed E-state index contributed by atoms with van der Waals surface area (Å²) in [7, 11) is 1.90. The van der Waals surface area contributed by atoms with Crippen LogP contribution < -0.4 is 4.74 Å². The monoisotopic (exact) mass is 373 g/mol. The van der Waals surface area contributed by atoms with Gasteiger partial charge in [-0.3, -0.25) is 4.79 Å². The molecule has 26 heavy (non-hydrogen) atoms. The van der Waals surface area contributed by atoms with Gasteiger partial charge in [-0.2, -0.15) is 5.10 Å². The van der Waals surface area contributed by atoms with E-state index in [4.69, 9.17) is 16.3 Å². The molecule has 1 amide bonds. The maximum Gasteiger partial charge on any atom is 0.254 e. The number of benzene rings is 1. The molecule has 2 heterocycles. The first-order valence-electron chi connectivity index (χ1n) is 9.23. The molecule has 1 saturated carbocycles. The second-order valence-corrected chi connectivity index (χ2v) is 7.90. The number of carbonyl (C=O) groups excluding carboxylic acids is 1. The number of ether oxygens (including phenoxy) is 1. The van der Waals surface area contributed by atoms with Crippen LogP contribution in [-0.2, 0) is 13.6 Å². The van der Waals surface area contributed by atoms with Gasteiger partial charge < -0.3 is 9.64 Å². The van der Waals surface area contributed by atoms with E-state index in [1.54, 1.807) is 16.8 Å². The Bertz CT molecular complexity index is 822. The van der Waals surface area contributed by atoms with Crippen molar-refractivity contribution in [2.45, 2.75) is 51.1 Å². The van der Waals surface area contributed by atoms with Crippen molar-refractivity contribution >= 4 is 17.5 Å². The third-order valence-electron chi connectivity index (χ3n) is 5.78. The lowest BCUT2D eigenvalue weighted by Crippen LogP contribution is -2.55. The average Bonchev–Trinajstić information content (AvgIpc) is 2.81. The summed E-state index contributed by atoms with van der Waals surface area (Å²) >= 11 is 6.00. The van der Waals surface area contributed by atoms with E-state index in [2.05, 4.69) is 5.10 Å². The van der Waals surface area contributed by atoms with Crippen LogP contribution in [0.3, 0.4) is 0 Å². The Morgan fingerprint density at radius 1 is 1.19 bits per heavy atom. The van der Waals surface area contributed by atoms with Crippen LogP contribution in [0.15, 0.2) is 24.3 Å². The number of hydrogen-bond acceptors (Lipinski definition) is 3. The number of hydrogen-bond donors (Lipinski definition) is 0. The van der Waals surface area contributed by atoms with Crippen LogP contribution >= 0.6 is 11.6 Å². The van der Waals surface area contributed by atoms with Gasteiger partial charge in [-0.15, -0.1) is 0 Å². The number of rotatable bonds is 1. The molecule has 0 unspecified atom stereocenters. The van der Waals surface area contributed by atoms with E-state index in [1.807, 2.05) is 31.0 Å². The van der Waals surface area contributed by atoms with Crippen LogP contribution in [0.4, 0.5) is 0 Å². The van der Waals surface area contributed by atoms with Gasteiger partial charge in [0.25, 0.3) is 5.91 Å². The van der Waals surface area contributed by atoms with Crippen molar-refractivity contribution in [3.8, 4) is 5.88 Å². The molecule has 2 aromatic rings. The van der Waals surface area contributed by atoms with Crippen LogP contribution in [0.25, 0.3) is 0 Å². The molecule has 2 aliphatic rings. The van der Waals surface area contributed by atoms with E-state index < -0.39 is 0 Å². The number of aryl methyl sites for hydroxylation is 2. The molecule has 0 bridgehead atoms. The Kier molecular flexibility index (Phi) is 4.43. The maximum absolute atomic E-state index is 13.5. The zero-order valence-corrected chi connectivity index (χ0v) is 16.1. The van der Waals surface area contributed by atoms with Crippen molar-refractivity contribution in [2.24, 2.45) is 7.05 Å². The lowest BCUT2D eigenvalue weighted by atomic mass is 9.80. The number of amides is 1. The Hall–Kier alpha value is -2.01. The average molecular weight is 374 g/mol. The lowest BCUT2D eigenvalue weighted by Gasteiger charge is -2.44. The zero-order valence-electron chi connectivity index (χ0n) is 15.3. The van der Waals surface area contributed by atoms with Crippen molar-refractivity contribution in [2.75, 3.05) is 6.61 Å². The first-order chi connectivity index (χ1) is 12.5. The van der Waals surface area contributed by atoms with Gasteiger partial charge in [-0.1, -0.05) is 30.9 Å². The number of aromatic nitrogens is 2. The molecular weight excluding hydrogens is 350 g/mol. The summed E-state index contributed by atoms with van der Waals surface area (Å²) in [5, 5.41) is 5.12. The highest BCUT2D eigenvalue weighted by molar-refractivity contribution is 6.30. The second-order valence-electron chi connectivity index (χ2n) is 7.46. The molecular formula is C20H24ClN3O2. The van der Waals surface area contributed by atoms with Crippen molar-refractivity contribution < 1.29 is 9.53 Å². The topological polar surface area (TPSA) is 47.4 Å². The molecule has 5 nitrogen and oxygen atoms in total. The minimum absolute atomic E-state index is 0.0447. The van der Waals surface area contributed by atoms with Gasteiger partial charge in [0.15, 0.2) is 0 Å². The third kappa shape index (κ3) is 2.88. The van der Waals surface area contributed by atoms with Crippen molar-refractivity contribution in [3.05, 3.63) is 46.1 Å². The molecule has 1 aliphatic carbocycles. The highest BCUT2D eigenvalue weighted by Crippen LogP contribution is 2.40. The molecule has 4 rings (SSSR count). The Balaban J connectivity index is 1.76. The standard InChI is InChI=1S/C20H24ClN3O2/c1-14-17-12-24(18(25)15-6-8-16(21)9-7-15)20(10-4-3-5-11-20)13-26-19(17)23(2)22-14/h6-9H,3-5,10-13H2,1-2H3. The Labute approximate surface area is 158 Å². The first kappa shape index (κ1) is 17.4. The Morgan fingerprint density at radius 2 is 1.88 bits per heavy atom. The lowest BCUT2D eigenvalue weighted by molar-refractivity contribution is 0.0129. The first-order valence-corrected chi connectivity index (χ1v) is 9.61. The second kappa shape index (κ2) is 6.62. The van der Waals surface area contributed by atoms with Crippen LogP contribution in [0.5, 0.6) is 5.88 Å². The van der Waals surface area contributed by atoms with Gasteiger partial charge in [-0.25, -0.2) is 4.68 Å². The van der Waals surface area contributed by atoms with Crippen LogP contribution in [0.1, 0.15) is 53.7 Å². The van der Waals surface area contributed by atoms with Gasteiger partial charge in [0.1, 0.15) is 6.61 Å². The summed E-state index contributed by atoms with van der Waals surface area (Å²) in [6.45, 7) is 3.04. The van der Waals surface area contributed by atoms with Gasteiger partial charge in [-0.05, 0) is 44.0 Å². The fraction of sp³-hybridized carbons (Fsp3) is 0.500. The molecule has 0 radical (unpaired) electrons. The minimum atomic E-state index is -0.250. The van der Waals surface area contributed by atoms with E-state index in [9.17, 15) is 4.79 Å². The largest absolute Gasteiger partial charge is 0.475 e. The predicted molar refractivity (Wildman–Crippen MR) is 101 cm³/mol. The molecule has 0 N–H and O–H groups in total. The van der Waals surface area contributed by atoms with Crippen LogP contribution in [0.2, 0.25) is 5.02 Å². The van der Waals surface area contributed by atoms with Crippen molar-refractivity contribution in [1.82, 2.24) is 14.7 Å². The van der Waals surface area contributed by atoms with Gasteiger partial charge in [0, 0.05) is 17.6 Å². The number of nitrogens with zero attached hydrogens (tertiary/aromatic N) is 3. The zero-order chi connectivity index (χ0) is 18.3. The van der Waals surface area contributed by atoms with Crippen LogP contribution in [0, 0.1) is 6.92 Å². The SMILES string of the molecule is Cc1nn(C)c2c1CN(C(=O)c1ccc(Cl)cc1)C1(CCCCC1)CO2. The van der Waals surface area contributed by atoms with E-state index in [-0.39, 0.29) is 11.4 Å². The van der Waals surface area contributed by atoms with Gasteiger partial charge in [0.2, 0.25) is 5.88 Å². The van der Waals surface area contributed by atoms with E-state index in [1.165, 1.54) is 6.42 Å². The summed E-state index contributed by atoms with van der Waals surface area (Å²) in [4.78, 5) is 15.5. The molecule has 138 valence electrons. The summed E-state index contributed by atoms with van der Waals surface area (Å²) < 4.78 is 8.00. The predicted octanol–water partition coefficient (Wildman–Crippen LogP) is 4.12. The smallest absolute Gasteiger partial charge is 0.254 e. The van der Waals surface area contributed by atoms with Crippen molar-refractivity contribution in [3.63, 3.8) is 0 Å². The molecule has 1 spiro atoms. The molecule has 1 aromatic heterocycles. The normalized spacial score (nSPS) is 19.0. The summed E-state index contributed by atoms with van der Waals surface area (Å²) in [6.07, 6.45) is 5.43. The highest BCUT2D eigenvalue weighted by Gasteiger charge is 2.44. The fourth-order valence-corrected chi connectivity index (χ4v) is 4.44. The van der Waals surface area contributed by atoms with E-state index in [0.717, 1.165) is 42.8 Å². The summed E-state index contributed by atoms with van der Waals surface area (Å²) in [5.74, 6) is 0.835. The molecule has 6 heteroatoms. The van der Waals surface area contributed by atoms with E-state index >= 15 is 0 Å². The molecule has 1 aliphatic heterocycles. The highest BCUT2D eigenvalue weighted by atomic mass is 35.5. The van der Waals surface area contributed by atoms with Gasteiger partial charge >= 0.3 is 0 Å². The Morgan fingerprint density at radius 3 is 2.58 bits per heavy atom.